The van der Waals surface area contributed by atoms with E-state index in [2.05, 4.69) is 83.7 Å². The van der Waals surface area contributed by atoms with Crippen molar-refractivity contribution in [3.05, 3.63) is 97.2 Å². The van der Waals surface area contributed by atoms with Crippen LogP contribution in [0.25, 0.3) is 0 Å². The van der Waals surface area contributed by atoms with Gasteiger partial charge in [0.2, 0.25) is 0 Å². The maximum absolute atomic E-state index is 12.7. The summed E-state index contributed by atoms with van der Waals surface area (Å²) in [5.74, 6) is -1.31. The molecule has 0 aliphatic carbocycles. The van der Waals surface area contributed by atoms with Crippen molar-refractivity contribution >= 4 is 27.6 Å². The first kappa shape index (κ1) is 59.0. The van der Waals surface area contributed by atoms with Crippen LogP contribution in [0, 0.1) is 0 Å². The maximum Gasteiger partial charge on any atom is 0.472 e. The molecule has 0 spiro atoms. The number of aliphatic hydroxyl groups excluding tert-OH is 2. The lowest BCUT2D eigenvalue weighted by molar-refractivity contribution is -0.161. The minimum absolute atomic E-state index is 0.0733. The molecule has 0 bridgehead atoms. The fourth-order valence-electron chi connectivity index (χ4n) is 5.15. The normalized spacial score (nSPS) is 15.4. The van der Waals surface area contributed by atoms with E-state index < -0.39 is 72.3 Å². The second kappa shape index (κ2) is 40.8. The molecule has 0 saturated carbocycles. The molecule has 0 aliphatic rings. The van der Waals surface area contributed by atoms with Gasteiger partial charge in [-0.15, -0.1) is 0 Å². The predicted molar refractivity (Wildman–Crippen MR) is 245 cm³/mol. The largest absolute Gasteiger partial charge is 0.472 e. The third kappa shape index (κ3) is 43.6. The zero-order valence-corrected chi connectivity index (χ0v) is 38.8. The van der Waals surface area contributed by atoms with Crippen molar-refractivity contribution in [2.45, 2.75) is 154 Å². The van der Waals surface area contributed by atoms with Gasteiger partial charge in [0.1, 0.15) is 12.7 Å². The maximum atomic E-state index is 12.7. The summed E-state index contributed by atoms with van der Waals surface area (Å²) in [6, 6.07) is 0. The number of rotatable bonds is 40. The number of esters is 2. The van der Waals surface area contributed by atoms with E-state index in [9.17, 15) is 33.8 Å². The van der Waals surface area contributed by atoms with E-state index in [-0.39, 0.29) is 25.7 Å². The number of phosphoric acid groups is 2. The van der Waals surface area contributed by atoms with Crippen molar-refractivity contribution in [2.75, 3.05) is 26.4 Å². The number of hydrogen-bond donors (Lipinski definition) is 5. The van der Waals surface area contributed by atoms with Gasteiger partial charge in [0.05, 0.1) is 25.9 Å². The summed E-state index contributed by atoms with van der Waals surface area (Å²) in [5, 5.41) is 20.0. The SMILES string of the molecule is CCCCC/C=C\C/C=C\C/C=C\C=C\[C@H](O)CCCC(=O)O[C@H](COC(=O)CCC/C=C\C/C=C\C/C=C\C/C=C\CCCCC)COP(=O)(O)OC[C@@H](O)COP(=O)(O)O. The van der Waals surface area contributed by atoms with Crippen LogP contribution in [-0.2, 0) is 41.8 Å². The van der Waals surface area contributed by atoms with Crippen LogP contribution in [0.1, 0.15) is 136 Å². The average molecular weight is 915 g/mol. The topological polar surface area (TPSA) is 216 Å². The standard InChI is InChI=1S/C46H76O14P2/c1-3-5-7-9-11-13-15-17-18-19-20-22-24-26-28-30-32-36-45(49)56-40-44(41-59-62(54,55)58-39-43(48)38-57-61(51,52)53)60-46(50)37-33-35-42(47)34-31-29-27-25-23-21-16-14-12-10-8-6-4-2/h11-14,17-18,20-23,26-29,31,34,42-44,47-48H,3-10,15-16,19,24-25,30,32-33,35-41H2,1-2H3,(H,54,55)(H2,51,52,53)/b13-11-,14-12-,18-17-,22-20-,23-21-,28-26-,29-27-,34-31+/t42-,43-,44+/m0/s1. The summed E-state index contributed by atoms with van der Waals surface area (Å²) >= 11 is 0. The molecule has 0 amide bonds. The molecule has 0 saturated heterocycles. The molecule has 354 valence electrons. The highest BCUT2D eigenvalue weighted by Gasteiger charge is 2.28. The summed E-state index contributed by atoms with van der Waals surface area (Å²) < 4.78 is 47.6. The van der Waals surface area contributed by atoms with Gasteiger partial charge >= 0.3 is 27.6 Å². The van der Waals surface area contributed by atoms with Gasteiger partial charge in [0.25, 0.3) is 0 Å². The monoisotopic (exact) mass is 914 g/mol. The third-order valence-corrected chi connectivity index (χ3v) is 9.98. The van der Waals surface area contributed by atoms with Crippen LogP contribution in [0.3, 0.4) is 0 Å². The van der Waals surface area contributed by atoms with E-state index >= 15 is 0 Å². The third-order valence-electron chi connectivity index (χ3n) is 8.54. The second-order valence-electron chi connectivity index (χ2n) is 14.5. The Morgan fingerprint density at radius 1 is 0.532 bits per heavy atom. The van der Waals surface area contributed by atoms with Crippen molar-refractivity contribution in [1.29, 1.82) is 0 Å². The fraction of sp³-hybridized carbons (Fsp3) is 0.609. The van der Waals surface area contributed by atoms with Crippen LogP contribution in [0.2, 0.25) is 0 Å². The molecular weight excluding hydrogens is 838 g/mol. The number of carbonyl (C=O) groups is 2. The van der Waals surface area contributed by atoms with Crippen LogP contribution in [0.4, 0.5) is 0 Å². The van der Waals surface area contributed by atoms with Crippen LogP contribution in [0.5, 0.6) is 0 Å². The van der Waals surface area contributed by atoms with Crippen molar-refractivity contribution in [1.82, 2.24) is 0 Å². The molecule has 0 aromatic heterocycles. The number of phosphoric ester groups is 2. The molecule has 62 heavy (non-hydrogen) atoms. The molecule has 0 radical (unpaired) electrons. The molecule has 14 nitrogen and oxygen atoms in total. The first-order chi connectivity index (χ1) is 29.8. The lowest BCUT2D eigenvalue weighted by Crippen LogP contribution is -2.30. The quantitative estimate of drug-likeness (QED) is 0.0127. The molecule has 0 fully saturated rings. The average Bonchev–Trinajstić information content (AvgIpc) is 3.22. The van der Waals surface area contributed by atoms with Gasteiger partial charge in [-0.05, 0) is 83.5 Å². The molecule has 0 aromatic rings. The Morgan fingerprint density at radius 3 is 1.53 bits per heavy atom. The van der Waals surface area contributed by atoms with Crippen LogP contribution in [-0.4, -0.2) is 81.6 Å². The van der Waals surface area contributed by atoms with E-state index in [0.29, 0.717) is 12.8 Å². The first-order valence-electron chi connectivity index (χ1n) is 22.0. The highest BCUT2D eigenvalue weighted by molar-refractivity contribution is 7.47. The van der Waals surface area contributed by atoms with Gasteiger partial charge in [0.15, 0.2) is 6.10 Å². The number of allylic oxidation sites excluding steroid dienone is 15. The van der Waals surface area contributed by atoms with Crippen molar-refractivity contribution in [3.63, 3.8) is 0 Å². The molecule has 0 rings (SSSR count). The second-order valence-corrected chi connectivity index (χ2v) is 17.2. The van der Waals surface area contributed by atoms with Gasteiger partial charge in [-0.25, -0.2) is 9.13 Å². The summed E-state index contributed by atoms with van der Waals surface area (Å²) in [6.07, 6.45) is 44.3. The van der Waals surface area contributed by atoms with E-state index in [1.165, 1.54) is 38.5 Å². The van der Waals surface area contributed by atoms with Gasteiger partial charge < -0.3 is 34.4 Å². The van der Waals surface area contributed by atoms with Crippen LogP contribution in [0.15, 0.2) is 97.2 Å². The highest BCUT2D eigenvalue weighted by Crippen LogP contribution is 2.43. The fourth-order valence-corrected chi connectivity index (χ4v) is 6.30. The molecule has 0 heterocycles. The number of unbranched alkanes of at least 4 members (excludes halogenated alkanes) is 7. The van der Waals surface area contributed by atoms with Crippen molar-refractivity contribution in [3.8, 4) is 0 Å². The molecule has 0 aromatic carbocycles. The van der Waals surface area contributed by atoms with Crippen LogP contribution < -0.4 is 0 Å². The number of aliphatic hydroxyl groups is 2. The molecule has 5 N–H and O–H groups in total. The summed E-state index contributed by atoms with van der Waals surface area (Å²) in [5.41, 5.74) is 0. The highest BCUT2D eigenvalue weighted by atomic mass is 31.2. The zero-order chi connectivity index (χ0) is 46.0. The molecule has 0 aliphatic heterocycles. The Hall–Kier alpha value is -3.00. The smallest absolute Gasteiger partial charge is 0.462 e. The Kier molecular flexibility index (Phi) is 38.8. The number of hydrogen-bond acceptors (Lipinski definition) is 11. The Bertz CT molecular complexity index is 1480. The minimum atomic E-state index is -4.89. The number of carbonyl (C=O) groups excluding carboxylic acids is 2. The van der Waals surface area contributed by atoms with Crippen LogP contribution >= 0.6 is 15.6 Å². The molecule has 1 unspecified atom stereocenters. The summed E-state index contributed by atoms with van der Waals surface area (Å²) in [6.45, 7) is 1.40. The van der Waals surface area contributed by atoms with E-state index in [0.717, 1.165) is 44.9 Å². The van der Waals surface area contributed by atoms with Crippen molar-refractivity contribution in [2.24, 2.45) is 0 Å². The van der Waals surface area contributed by atoms with Gasteiger partial charge in [-0.2, -0.15) is 0 Å². The Balaban J connectivity index is 4.82. The van der Waals surface area contributed by atoms with Crippen molar-refractivity contribution < 1.29 is 66.7 Å². The first-order valence-corrected chi connectivity index (χ1v) is 25.1. The van der Waals surface area contributed by atoms with Gasteiger partial charge in [0, 0.05) is 12.8 Å². The molecule has 16 heteroatoms. The Labute approximate surface area is 371 Å². The summed E-state index contributed by atoms with van der Waals surface area (Å²) in [4.78, 5) is 52.7. The van der Waals surface area contributed by atoms with E-state index in [1.54, 1.807) is 12.2 Å². The number of ether oxygens (including phenoxy) is 2. The molecular formula is C46H76O14P2. The minimum Gasteiger partial charge on any atom is -0.462 e. The predicted octanol–water partition coefficient (Wildman–Crippen LogP) is 10.3. The van der Waals surface area contributed by atoms with Gasteiger partial charge in [-0.1, -0.05) is 137 Å². The lowest BCUT2D eigenvalue weighted by Gasteiger charge is -2.20. The summed E-state index contributed by atoms with van der Waals surface area (Å²) in [7, 11) is -9.77. The zero-order valence-electron chi connectivity index (χ0n) is 37.0. The molecule has 4 atom stereocenters. The Morgan fingerprint density at radius 2 is 1.00 bits per heavy atom. The van der Waals surface area contributed by atoms with E-state index in [1.807, 2.05) is 24.3 Å². The van der Waals surface area contributed by atoms with E-state index in [4.69, 9.17) is 23.8 Å². The van der Waals surface area contributed by atoms with Gasteiger partial charge in [-0.3, -0.25) is 23.2 Å². The lowest BCUT2D eigenvalue weighted by atomic mass is 10.1.